The van der Waals surface area contributed by atoms with Gasteiger partial charge in [0, 0.05) is 13.0 Å². The van der Waals surface area contributed by atoms with Gasteiger partial charge in [0.2, 0.25) is 5.91 Å². The predicted octanol–water partition coefficient (Wildman–Crippen LogP) is 3.12. The molecule has 0 spiro atoms. The fraction of sp³-hybridized carbons (Fsp3) is 0.222. The highest BCUT2D eigenvalue weighted by atomic mass is 16.1. The van der Waals surface area contributed by atoms with Crippen molar-refractivity contribution >= 4 is 5.91 Å². The van der Waals surface area contributed by atoms with Crippen LogP contribution >= 0.6 is 0 Å². The van der Waals surface area contributed by atoms with E-state index in [-0.39, 0.29) is 5.91 Å². The molecule has 2 aromatic rings. The van der Waals surface area contributed by atoms with Crippen LogP contribution in [0.4, 0.5) is 0 Å². The molecule has 21 heavy (non-hydrogen) atoms. The van der Waals surface area contributed by atoms with Gasteiger partial charge >= 0.3 is 0 Å². The van der Waals surface area contributed by atoms with Crippen molar-refractivity contribution in [3.8, 4) is 6.07 Å². The first-order valence-electron chi connectivity index (χ1n) is 6.98. The van der Waals surface area contributed by atoms with Crippen molar-refractivity contribution in [2.45, 2.75) is 26.3 Å². The standard InChI is InChI=1S/C18H18N2O/c1-14-3-2-4-17(11-14)13-20-18(21)10-9-15-5-7-16(12-19)8-6-15/h2-8,11H,9-10,13H2,1H3,(H,20,21). The number of hydrogen-bond donors (Lipinski definition) is 1. The number of hydrogen-bond acceptors (Lipinski definition) is 2. The van der Waals surface area contributed by atoms with Gasteiger partial charge in [-0.3, -0.25) is 4.79 Å². The monoisotopic (exact) mass is 278 g/mol. The van der Waals surface area contributed by atoms with E-state index in [0.717, 1.165) is 11.1 Å². The number of amides is 1. The number of nitriles is 1. The first-order chi connectivity index (χ1) is 10.2. The Hall–Kier alpha value is -2.60. The van der Waals surface area contributed by atoms with Gasteiger partial charge in [-0.15, -0.1) is 0 Å². The second-order valence-corrected chi connectivity index (χ2v) is 5.07. The topological polar surface area (TPSA) is 52.9 Å². The first kappa shape index (κ1) is 14.8. The highest BCUT2D eigenvalue weighted by Gasteiger charge is 2.03. The average Bonchev–Trinajstić information content (AvgIpc) is 2.51. The van der Waals surface area contributed by atoms with Crippen LogP contribution in [0.2, 0.25) is 0 Å². The van der Waals surface area contributed by atoms with Gasteiger partial charge in [0.05, 0.1) is 11.6 Å². The summed E-state index contributed by atoms with van der Waals surface area (Å²) in [4.78, 5) is 11.8. The second-order valence-electron chi connectivity index (χ2n) is 5.07. The van der Waals surface area contributed by atoms with E-state index >= 15 is 0 Å². The molecule has 0 saturated carbocycles. The molecule has 0 aliphatic carbocycles. The summed E-state index contributed by atoms with van der Waals surface area (Å²) >= 11 is 0. The Morgan fingerprint density at radius 3 is 2.57 bits per heavy atom. The molecule has 0 heterocycles. The molecule has 0 aliphatic heterocycles. The third-order valence-electron chi connectivity index (χ3n) is 3.30. The highest BCUT2D eigenvalue weighted by Crippen LogP contribution is 2.07. The lowest BCUT2D eigenvalue weighted by Crippen LogP contribution is -2.23. The fourth-order valence-corrected chi connectivity index (χ4v) is 2.11. The van der Waals surface area contributed by atoms with Crippen LogP contribution in [0.5, 0.6) is 0 Å². The van der Waals surface area contributed by atoms with Gasteiger partial charge in [0.25, 0.3) is 0 Å². The van der Waals surface area contributed by atoms with Crippen molar-refractivity contribution in [2.75, 3.05) is 0 Å². The van der Waals surface area contributed by atoms with Gasteiger partial charge in [0.15, 0.2) is 0 Å². The largest absolute Gasteiger partial charge is 0.352 e. The zero-order chi connectivity index (χ0) is 15.1. The van der Waals surface area contributed by atoms with Crippen molar-refractivity contribution in [1.82, 2.24) is 5.32 Å². The lowest BCUT2D eigenvalue weighted by molar-refractivity contribution is -0.121. The van der Waals surface area contributed by atoms with E-state index in [4.69, 9.17) is 5.26 Å². The van der Waals surface area contributed by atoms with Gasteiger partial charge < -0.3 is 5.32 Å². The summed E-state index contributed by atoms with van der Waals surface area (Å²) in [7, 11) is 0. The van der Waals surface area contributed by atoms with Gasteiger partial charge in [-0.05, 0) is 36.6 Å². The SMILES string of the molecule is Cc1cccc(CNC(=O)CCc2ccc(C#N)cc2)c1. The fourth-order valence-electron chi connectivity index (χ4n) is 2.11. The van der Waals surface area contributed by atoms with Crippen LogP contribution in [0.25, 0.3) is 0 Å². The van der Waals surface area contributed by atoms with E-state index in [1.807, 2.05) is 37.3 Å². The molecular weight excluding hydrogens is 260 g/mol. The third kappa shape index (κ3) is 4.77. The van der Waals surface area contributed by atoms with Gasteiger partial charge in [-0.1, -0.05) is 42.0 Å². The lowest BCUT2D eigenvalue weighted by Gasteiger charge is -2.06. The summed E-state index contributed by atoms with van der Waals surface area (Å²) in [6, 6.07) is 17.5. The maximum atomic E-state index is 11.8. The quantitative estimate of drug-likeness (QED) is 0.913. The molecule has 0 unspecified atom stereocenters. The summed E-state index contributed by atoms with van der Waals surface area (Å²) in [5.41, 5.74) is 4.02. The molecule has 0 aliphatic rings. The van der Waals surface area contributed by atoms with Crippen molar-refractivity contribution in [3.63, 3.8) is 0 Å². The van der Waals surface area contributed by atoms with E-state index in [2.05, 4.69) is 17.5 Å². The molecule has 3 nitrogen and oxygen atoms in total. The van der Waals surface area contributed by atoms with Crippen LogP contribution in [0.1, 0.15) is 28.7 Å². The van der Waals surface area contributed by atoms with E-state index in [1.54, 1.807) is 12.1 Å². The van der Waals surface area contributed by atoms with Crippen LogP contribution < -0.4 is 5.32 Å². The van der Waals surface area contributed by atoms with E-state index in [9.17, 15) is 4.79 Å². The van der Waals surface area contributed by atoms with Crippen molar-refractivity contribution < 1.29 is 4.79 Å². The van der Waals surface area contributed by atoms with E-state index in [0.29, 0.717) is 24.9 Å². The molecule has 0 bridgehead atoms. The summed E-state index contributed by atoms with van der Waals surface area (Å²) in [6.45, 7) is 2.60. The molecule has 0 aromatic heterocycles. The summed E-state index contributed by atoms with van der Waals surface area (Å²) in [5, 5.41) is 11.7. The summed E-state index contributed by atoms with van der Waals surface area (Å²) < 4.78 is 0. The maximum Gasteiger partial charge on any atom is 0.220 e. The Balaban J connectivity index is 1.78. The van der Waals surface area contributed by atoms with Crippen LogP contribution in [0, 0.1) is 18.3 Å². The number of carbonyl (C=O) groups excluding carboxylic acids is 1. The molecular formula is C18H18N2O. The van der Waals surface area contributed by atoms with Crippen molar-refractivity contribution in [1.29, 1.82) is 5.26 Å². The number of nitrogens with zero attached hydrogens (tertiary/aromatic N) is 1. The Labute approximate surface area is 125 Å². The van der Waals surface area contributed by atoms with Crippen molar-refractivity contribution in [3.05, 3.63) is 70.8 Å². The van der Waals surface area contributed by atoms with Crippen LogP contribution in [-0.2, 0) is 17.8 Å². The van der Waals surface area contributed by atoms with Gasteiger partial charge in [0.1, 0.15) is 0 Å². The van der Waals surface area contributed by atoms with Gasteiger partial charge in [-0.2, -0.15) is 5.26 Å². The van der Waals surface area contributed by atoms with Crippen LogP contribution in [0.3, 0.4) is 0 Å². The Morgan fingerprint density at radius 1 is 1.14 bits per heavy atom. The smallest absolute Gasteiger partial charge is 0.220 e. The minimum Gasteiger partial charge on any atom is -0.352 e. The number of rotatable bonds is 5. The van der Waals surface area contributed by atoms with Gasteiger partial charge in [-0.25, -0.2) is 0 Å². The number of aryl methyl sites for hydroxylation is 2. The molecule has 2 aromatic carbocycles. The molecule has 0 radical (unpaired) electrons. The molecule has 0 atom stereocenters. The molecule has 0 fully saturated rings. The molecule has 1 N–H and O–H groups in total. The maximum absolute atomic E-state index is 11.8. The number of carbonyl (C=O) groups is 1. The van der Waals surface area contributed by atoms with Crippen LogP contribution in [0.15, 0.2) is 48.5 Å². The zero-order valence-electron chi connectivity index (χ0n) is 12.1. The molecule has 106 valence electrons. The highest BCUT2D eigenvalue weighted by molar-refractivity contribution is 5.76. The second kappa shape index (κ2) is 7.25. The molecule has 2 rings (SSSR count). The van der Waals surface area contributed by atoms with Crippen LogP contribution in [-0.4, -0.2) is 5.91 Å². The molecule has 0 saturated heterocycles. The zero-order valence-corrected chi connectivity index (χ0v) is 12.1. The van der Waals surface area contributed by atoms with Crippen molar-refractivity contribution in [2.24, 2.45) is 0 Å². The third-order valence-corrected chi connectivity index (χ3v) is 3.30. The molecule has 3 heteroatoms. The Morgan fingerprint density at radius 2 is 1.90 bits per heavy atom. The number of nitrogens with one attached hydrogen (secondary N) is 1. The summed E-state index contributed by atoms with van der Waals surface area (Å²) in [5.74, 6) is 0.0425. The minimum absolute atomic E-state index is 0.0425. The molecule has 1 amide bonds. The van der Waals surface area contributed by atoms with E-state index < -0.39 is 0 Å². The lowest BCUT2D eigenvalue weighted by atomic mass is 10.1. The normalized spacial score (nSPS) is 9.90. The van der Waals surface area contributed by atoms with E-state index in [1.165, 1.54) is 5.56 Å². The number of benzene rings is 2. The minimum atomic E-state index is 0.0425. The Bertz CT molecular complexity index is 654. The first-order valence-corrected chi connectivity index (χ1v) is 6.98. The summed E-state index contributed by atoms with van der Waals surface area (Å²) in [6.07, 6.45) is 1.14. The predicted molar refractivity (Wildman–Crippen MR) is 82.5 cm³/mol. The average molecular weight is 278 g/mol. The Kier molecular flexibility index (Phi) is 5.11.